The Kier molecular flexibility index (Phi) is 8.28. The minimum Gasteiger partial charge on any atom is -0.467 e. The van der Waals surface area contributed by atoms with Crippen LogP contribution in [0, 0.1) is 5.92 Å². The number of hydrogen-bond donors (Lipinski definition) is 2. The maximum atomic E-state index is 12.7. The number of amides is 2. The molecule has 1 aromatic rings. The molecule has 2 rings (SSSR count). The highest BCUT2D eigenvalue weighted by Crippen LogP contribution is 2.24. The third-order valence-corrected chi connectivity index (χ3v) is 4.45. The molecule has 2 unspecified atom stereocenters. The van der Waals surface area contributed by atoms with E-state index in [4.69, 9.17) is 10.2 Å². The van der Waals surface area contributed by atoms with Gasteiger partial charge >= 0.3 is 0 Å². The summed E-state index contributed by atoms with van der Waals surface area (Å²) in [5.41, 5.74) is 6.02. The normalized spacial score (nSPS) is 20.4. The fraction of sp³-hybridized carbons (Fsp3) is 0.647. The van der Waals surface area contributed by atoms with Crippen LogP contribution in [-0.2, 0) is 11.3 Å². The van der Waals surface area contributed by atoms with E-state index in [0.717, 1.165) is 25.7 Å². The Morgan fingerprint density at radius 3 is 2.79 bits per heavy atom. The third kappa shape index (κ3) is 4.98. The van der Waals surface area contributed by atoms with E-state index in [2.05, 4.69) is 12.2 Å². The van der Waals surface area contributed by atoms with Gasteiger partial charge in [0.2, 0.25) is 5.91 Å². The summed E-state index contributed by atoms with van der Waals surface area (Å²) in [6, 6.07) is 1.80. The van der Waals surface area contributed by atoms with Crippen LogP contribution < -0.4 is 11.1 Å². The van der Waals surface area contributed by atoms with E-state index in [1.165, 1.54) is 6.26 Å². The number of nitrogens with zero attached hydrogens (tertiary/aromatic N) is 1. The molecule has 6 nitrogen and oxygen atoms in total. The quantitative estimate of drug-likeness (QED) is 0.764. The number of furan rings is 1. The molecular formula is C17H28ClN3O3. The van der Waals surface area contributed by atoms with Crippen molar-refractivity contribution >= 4 is 24.2 Å². The van der Waals surface area contributed by atoms with Crippen molar-refractivity contribution in [3.05, 3.63) is 23.7 Å². The summed E-state index contributed by atoms with van der Waals surface area (Å²) in [5, 5.41) is 2.97. The maximum absolute atomic E-state index is 12.7. The van der Waals surface area contributed by atoms with E-state index in [-0.39, 0.29) is 42.7 Å². The highest BCUT2D eigenvalue weighted by atomic mass is 35.5. The molecule has 7 heteroatoms. The van der Waals surface area contributed by atoms with Crippen molar-refractivity contribution in [3.63, 3.8) is 0 Å². The lowest BCUT2D eigenvalue weighted by Crippen LogP contribution is -2.49. The molecule has 0 bridgehead atoms. The van der Waals surface area contributed by atoms with Crippen LogP contribution in [0.4, 0.5) is 0 Å². The van der Waals surface area contributed by atoms with Gasteiger partial charge in [-0.25, -0.2) is 0 Å². The predicted octanol–water partition coefficient (Wildman–Crippen LogP) is 2.32. The number of nitrogens with one attached hydrogen (secondary N) is 1. The van der Waals surface area contributed by atoms with E-state index in [9.17, 15) is 9.59 Å². The molecule has 3 N–H and O–H groups in total. The number of hydrogen-bond acceptors (Lipinski definition) is 4. The lowest BCUT2D eigenvalue weighted by atomic mass is 9.92. The molecule has 24 heavy (non-hydrogen) atoms. The summed E-state index contributed by atoms with van der Waals surface area (Å²) < 4.78 is 5.25. The van der Waals surface area contributed by atoms with Crippen molar-refractivity contribution in [3.8, 4) is 0 Å². The molecule has 0 saturated carbocycles. The standard InChI is InChI=1S/C17H27N3O3.ClH/c1-3-4-7-19-16(21)13-6-5-12(2)20(10-13)17(22)14-8-15(9-18)23-11-14;/h8,11-13H,3-7,9-10,18H2,1-2H3,(H,19,21);1H. The molecule has 2 heterocycles. The van der Waals surface area contributed by atoms with Crippen LogP contribution in [-0.4, -0.2) is 35.8 Å². The third-order valence-electron chi connectivity index (χ3n) is 4.45. The fourth-order valence-corrected chi connectivity index (χ4v) is 2.90. The summed E-state index contributed by atoms with van der Waals surface area (Å²) in [6.07, 6.45) is 5.13. The summed E-state index contributed by atoms with van der Waals surface area (Å²) in [6.45, 7) is 5.55. The van der Waals surface area contributed by atoms with Crippen LogP contribution >= 0.6 is 12.4 Å². The molecule has 0 spiro atoms. The van der Waals surface area contributed by atoms with Gasteiger partial charge in [-0.3, -0.25) is 9.59 Å². The van der Waals surface area contributed by atoms with Gasteiger partial charge in [-0.2, -0.15) is 0 Å². The Bertz CT molecular complexity index is 547. The lowest BCUT2D eigenvalue weighted by molar-refractivity contribution is -0.126. The molecule has 136 valence electrons. The summed E-state index contributed by atoms with van der Waals surface area (Å²) in [4.78, 5) is 26.7. The monoisotopic (exact) mass is 357 g/mol. The van der Waals surface area contributed by atoms with Gasteiger partial charge in [0.15, 0.2) is 0 Å². The highest BCUT2D eigenvalue weighted by Gasteiger charge is 2.33. The molecule has 0 aliphatic carbocycles. The van der Waals surface area contributed by atoms with Crippen LogP contribution in [0.3, 0.4) is 0 Å². The molecule has 1 aliphatic heterocycles. The average Bonchev–Trinajstić information content (AvgIpc) is 3.04. The zero-order valence-electron chi connectivity index (χ0n) is 14.4. The Labute approximate surface area is 149 Å². The van der Waals surface area contributed by atoms with Gasteiger partial charge in [-0.15, -0.1) is 12.4 Å². The van der Waals surface area contributed by atoms with Crippen LogP contribution in [0.25, 0.3) is 0 Å². The van der Waals surface area contributed by atoms with E-state index < -0.39 is 0 Å². The van der Waals surface area contributed by atoms with Crippen LogP contribution in [0.1, 0.15) is 55.6 Å². The Balaban J connectivity index is 0.00000288. The Morgan fingerprint density at radius 1 is 1.42 bits per heavy atom. The van der Waals surface area contributed by atoms with Gasteiger partial charge in [0.05, 0.1) is 18.0 Å². The van der Waals surface area contributed by atoms with Crippen LogP contribution in [0.5, 0.6) is 0 Å². The van der Waals surface area contributed by atoms with Gasteiger partial charge in [-0.05, 0) is 32.3 Å². The SMILES string of the molecule is CCCCNC(=O)C1CCC(C)N(C(=O)c2coc(CN)c2)C1.Cl. The van der Waals surface area contributed by atoms with Gasteiger partial charge < -0.3 is 20.4 Å². The fourth-order valence-electron chi connectivity index (χ4n) is 2.90. The zero-order chi connectivity index (χ0) is 16.8. The van der Waals surface area contributed by atoms with Gasteiger partial charge in [0, 0.05) is 19.1 Å². The first kappa shape index (κ1) is 20.5. The van der Waals surface area contributed by atoms with E-state index in [1.54, 1.807) is 11.0 Å². The number of carbonyl (C=O) groups is 2. The van der Waals surface area contributed by atoms with E-state index in [1.807, 2.05) is 6.92 Å². The summed E-state index contributed by atoms with van der Waals surface area (Å²) >= 11 is 0. The minimum absolute atomic E-state index is 0. The van der Waals surface area contributed by atoms with E-state index in [0.29, 0.717) is 24.4 Å². The van der Waals surface area contributed by atoms with Crippen LogP contribution in [0.2, 0.25) is 0 Å². The van der Waals surface area contributed by atoms with Gasteiger partial charge in [-0.1, -0.05) is 13.3 Å². The second-order valence-corrected chi connectivity index (χ2v) is 6.23. The topological polar surface area (TPSA) is 88.6 Å². The van der Waals surface area contributed by atoms with Crippen molar-refractivity contribution in [2.45, 2.75) is 52.1 Å². The predicted molar refractivity (Wildman–Crippen MR) is 95.0 cm³/mol. The van der Waals surface area contributed by atoms with Crippen molar-refractivity contribution in [1.29, 1.82) is 0 Å². The first-order valence-corrected chi connectivity index (χ1v) is 8.43. The second-order valence-electron chi connectivity index (χ2n) is 6.23. The molecule has 1 aliphatic rings. The number of piperidine rings is 1. The van der Waals surface area contributed by atoms with Crippen molar-refractivity contribution < 1.29 is 14.0 Å². The number of nitrogens with two attached hydrogens (primary N) is 1. The molecule has 2 atom stereocenters. The lowest BCUT2D eigenvalue weighted by Gasteiger charge is -2.37. The molecule has 2 amide bonds. The first-order chi connectivity index (χ1) is 11.1. The minimum atomic E-state index is -0.132. The van der Waals surface area contributed by atoms with Gasteiger partial charge in [0.25, 0.3) is 5.91 Å². The number of rotatable bonds is 6. The van der Waals surface area contributed by atoms with Crippen molar-refractivity contribution in [1.82, 2.24) is 10.2 Å². The Morgan fingerprint density at radius 2 is 2.17 bits per heavy atom. The number of unbranched alkanes of at least 4 members (excludes halogenated alkanes) is 1. The average molecular weight is 358 g/mol. The number of carbonyl (C=O) groups excluding carboxylic acids is 2. The van der Waals surface area contributed by atoms with Crippen LogP contribution in [0.15, 0.2) is 16.7 Å². The Hall–Kier alpha value is -1.53. The molecule has 1 saturated heterocycles. The summed E-state index contributed by atoms with van der Waals surface area (Å²) in [7, 11) is 0. The molecule has 0 radical (unpaired) electrons. The van der Waals surface area contributed by atoms with Crippen molar-refractivity contribution in [2.24, 2.45) is 11.7 Å². The molecule has 1 fully saturated rings. The summed E-state index contributed by atoms with van der Waals surface area (Å²) in [5.74, 6) is 0.421. The molecule has 0 aromatic carbocycles. The van der Waals surface area contributed by atoms with Crippen molar-refractivity contribution in [2.75, 3.05) is 13.1 Å². The number of likely N-dealkylation sites (tertiary alicyclic amines) is 1. The van der Waals surface area contributed by atoms with E-state index >= 15 is 0 Å². The maximum Gasteiger partial charge on any atom is 0.257 e. The first-order valence-electron chi connectivity index (χ1n) is 8.43. The largest absolute Gasteiger partial charge is 0.467 e. The molecule has 1 aromatic heterocycles. The second kappa shape index (κ2) is 9.69. The highest BCUT2D eigenvalue weighted by molar-refractivity contribution is 5.94. The van der Waals surface area contributed by atoms with Gasteiger partial charge in [0.1, 0.15) is 12.0 Å². The smallest absolute Gasteiger partial charge is 0.257 e. The molecular weight excluding hydrogens is 330 g/mol. The zero-order valence-corrected chi connectivity index (χ0v) is 15.2. The number of halogens is 1.